The first-order valence-electron chi connectivity index (χ1n) is 6.66. The Morgan fingerprint density at radius 2 is 1.95 bits per heavy atom. The van der Waals surface area contributed by atoms with Crippen LogP contribution in [0.5, 0.6) is 0 Å². The Kier molecular flexibility index (Phi) is 3.65. The van der Waals surface area contributed by atoms with Crippen LogP contribution in [0.1, 0.15) is 42.4 Å². The topological polar surface area (TPSA) is 26.0 Å². The van der Waals surface area contributed by atoms with Gasteiger partial charge in [-0.05, 0) is 44.2 Å². The smallest absolute Gasteiger partial charge is 0.321 e. The summed E-state index contributed by atoms with van der Waals surface area (Å²) in [7, 11) is 0. The largest absolute Gasteiger partial charge is 0.391 e. The van der Waals surface area contributed by atoms with Gasteiger partial charge in [-0.1, -0.05) is 30.2 Å². The molecule has 1 fully saturated rings. The van der Waals surface area contributed by atoms with Crippen LogP contribution in [0.4, 0.5) is 13.2 Å². The van der Waals surface area contributed by atoms with Crippen molar-refractivity contribution in [1.82, 2.24) is 0 Å². The molecule has 106 valence electrons. The van der Waals surface area contributed by atoms with Crippen LogP contribution in [0.3, 0.4) is 0 Å². The van der Waals surface area contributed by atoms with E-state index in [0.717, 1.165) is 16.7 Å². The maximum atomic E-state index is 12.9. The van der Waals surface area contributed by atoms with Gasteiger partial charge in [0.1, 0.15) is 0 Å². The minimum atomic E-state index is -4.14. The van der Waals surface area contributed by atoms with Gasteiger partial charge in [0.2, 0.25) is 0 Å². The first kappa shape index (κ1) is 14.4. The van der Waals surface area contributed by atoms with E-state index in [-0.39, 0.29) is 12.8 Å². The Morgan fingerprint density at radius 3 is 2.53 bits per heavy atom. The van der Waals surface area contributed by atoms with Crippen molar-refractivity contribution in [2.24, 2.45) is 11.7 Å². The summed E-state index contributed by atoms with van der Waals surface area (Å²) in [5.41, 5.74) is 8.44. The molecule has 4 heteroatoms. The summed E-state index contributed by atoms with van der Waals surface area (Å²) in [4.78, 5) is 0. The van der Waals surface area contributed by atoms with Crippen molar-refractivity contribution in [1.29, 1.82) is 0 Å². The molecule has 2 unspecified atom stereocenters. The molecule has 1 aromatic carbocycles. The van der Waals surface area contributed by atoms with E-state index in [1.165, 1.54) is 0 Å². The van der Waals surface area contributed by atoms with Crippen LogP contribution in [0.15, 0.2) is 18.2 Å². The number of hydrogen-bond donors (Lipinski definition) is 1. The lowest BCUT2D eigenvalue weighted by atomic mass is 9.71. The Labute approximate surface area is 112 Å². The van der Waals surface area contributed by atoms with Gasteiger partial charge >= 0.3 is 6.18 Å². The van der Waals surface area contributed by atoms with Crippen LogP contribution in [-0.2, 0) is 5.54 Å². The second-order valence-electron chi connectivity index (χ2n) is 5.81. The number of alkyl halides is 3. The lowest BCUT2D eigenvalue weighted by Gasteiger charge is -2.40. The van der Waals surface area contributed by atoms with Crippen LogP contribution in [0.2, 0.25) is 0 Å². The zero-order chi connectivity index (χ0) is 14.3. The van der Waals surface area contributed by atoms with E-state index in [1.807, 2.05) is 32.0 Å². The molecule has 1 nitrogen and oxygen atoms in total. The minimum Gasteiger partial charge on any atom is -0.321 e. The lowest BCUT2D eigenvalue weighted by molar-refractivity contribution is -0.187. The van der Waals surface area contributed by atoms with E-state index in [1.54, 1.807) is 0 Å². The molecular formula is C15H20F3N. The molecule has 0 spiro atoms. The van der Waals surface area contributed by atoms with E-state index >= 15 is 0 Å². The summed E-state index contributed by atoms with van der Waals surface area (Å²) in [6.07, 6.45) is -2.77. The van der Waals surface area contributed by atoms with Gasteiger partial charge in [0, 0.05) is 5.54 Å². The van der Waals surface area contributed by atoms with Crippen molar-refractivity contribution in [3.8, 4) is 0 Å². The summed E-state index contributed by atoms with van der Waals surface area (Å²) in [5.74, 6) is -1.27. The predicted octanol–water partition coefficient (Wildman–Crippen LogP) is 4.21. The van der Waals surface area contributed by atoms with Crippen molar-refractivity contribution >= 4 is 0 Å². The van der Waals surface area contributed by atoms with Gasteiger partial charge in [0.05, 0.1) is 5.92 Å². The van der Waals surface area contributed by atoms with Gasteiger partial charge in [-0.2, -0.15) is 13.2 Å². The third-order valence-corrected chi connectivity index (χ3v) is 4.17. The van der Waals surface area contributed by atoms with E-state index in [0.29, 0.717) is 12.8 Å². The van der Waals surface area contributed by atoms with Gasteiger partial charge in [-0.25, -0.2) is 0 Å². The molecule has 2 atom stereocenters. The average molecular weight is 271 g/mol. The molecule has 0 aliphatic heterocycles. The maximum Gasteiger partial charge on any atom is 0.391 e. The normalized spacial score (nSPS) is 28.4. The van der Waals surface area contributed by atoms with E-state index < -0.39 is 17.6 Å². The molecule has 1 aliphatic carbocycles. The molecule has 0 amide bonds. The van der Waals surface area contributed by atoms with Crippen molar-refractivity contribution in [3.63, 3.8) is 0 Å². The monoisotopic (exact) mass is 271 g/mol. The Balaban J connectivity index is 2.31. The summed E-state index contributed by atoms with van der Waals surface area (Å²) in [6, 6.07) is 5.80. The SMILES string of the molecule is Cc1ccc(C2(N)CCCC(C(F)(F)F)C2)c(C)c1. The molecular weight excluding hydrogens is 251 g/mol. The molecule has 1 saturated carbocycles. The van der Waals surface area contributed by atoms with Crippen LogP contribution in [0, 0.1) is 19.8 Å². The Bertz CT molecular complexity index is 467. The molecule has 0 aromatic heterocycles. The predicted molar refractivity (Wildman–Crippen MR) is 69.8 cm³/mol. The first-order chi connectivity index (χ1) is 8.72. The molecule has 2 rings (SSSR count). The van der Waals surface area contributed by atoms with Gasteiger partial charge in [0.15, 0.2) is 0 Å². The van der Waals surface area contributed by atoms with Crippen molar-refractivity contribution < 1.29 is 13.2 Å². The first-order valence-corrected chi connectivity index (χ1v) is 6.66. The molecule has 0 saturated heterocycles. The molecule has 0 heterocycles. The fraction of sp³-hybridized carbons (Fsp3) is 0.600. The molecule has 1 aliphatic rings. The molecule has 0 radical (unpaired) electrons. The highest BCUT2D eigenvalue weighted by atomic mass is 19.4. The second kappa shape index (κ2) is 4.82. The van der Waals surface area contributed by atoms with E-state index in [4.69, 9.17) is 5.73 Å². The lowest BCUT2D eigenvalue weighted by Crippen LogP contribution is -2.45. The average Bonchev–Trinajstić information content (AvgIpc) is 2.27. The summed E-state index contributed by atoms with van der Waals surface area (Å²) in [6.45, 7) is 3.90. The van der Waals surface area contributed by atoms with E-state index in [9.17, 15) is 13.2 Å². The minimum absolute atomic E-state index is 0.000398. The van der Waals surface area contributed by atoms with Gasteiger partial charge in [-0.15, -0.1) is 0 Å². The molecule has 0 bridgehead atoms. The third-order valence-electron chi connectivity index (χ3n) is 4.17. The molecule has 1 aromatic rings. The van der Waals surface area contributed by atoms with Crippen molar-refractivity contribution in [3.05, 3.63) is 34.9 Å². The summed E-state index contributed by atoms with van der Waals surface area (Å²) in [5, 5.41) is 0. The summed E-state index contributed by atoms with van der Waals surface area (Å²) >= 11 is 0. The van der Waals surface area contributed by atoms with Crippen LogP contribution >= 0.6 is 0 Å². The quantitative estimate of drug-likeness (QED) is 0.813. The van der Waals surface area contributed by atoms with Crippen LogP contribution < -0.4 is 5.73 Å². The number of halogens is 3. The highest BCUT2D eigenvalue weighted by molar-refractivity contribution is 5.36. The Hall–Kier alpha value is -1.03. The van der Waals surface area contributed by atoms with Crippen molar-refractivity contribution in [2.75, 3.05) is 0 Å². The molecule has 19 heavy (non-hydrogen) atoms. The zero-order valence-corrected chi connectivity index (χ0v) is 11.3. The Morgan fingerprint density at radius 1 is 1.26 bits per heavy atom. The highest BCUT2D eigenvalue weighted by Gasteiger charge is 2.47. The number of benzene rings is 1. The number of rotatable bonds is 1. The number of nitrogens with two attached hydrogens (primary N) is 1. The standard InChI is InChI=1S/C15H20F3N/c1-10-5-6-13(11(2)8-10)14(19)7-3-4-12(9-14)15(16,17)18/h5-6,8,12H,3-4,7,9,19H2,1-2H3. The fourth-order valence-electron chi connectivity index (χ4n) is 3.20. The van der Waals surface area contributed by atoms with Gasteiger partial charge in [-0.3, -0.25) is 0 Å². The van der Waals surface area contributed by atoms with Gasteiger partial charge in [0.25, 0.3) is 0 Å². The maximum absolute atomic E-state index is 12.9. The summed E-state index contributed by atoms with van der Waals surface area (Å²) < 4.78 is 38.7. The third kappa shape index (κ3) is 2.94. The number of hydrogen-bond acceptors (Lipinski definition) is 1. The zero-order valence-electron chi connectivity index (χ0n) is 11.3. The second-order valence-corrected chi connectivity index (χ2v) is 5.81. The van der Waals surface area contributed by atoms with Crippen LogP contribution in [-0.4, -0.2) is 6.18 Å². The highest BCUT2D eigenvalue weighted by Crippen LogP contribution is 2.45. The van der Waals surface area contributed by atoms with Crippen LogP contribution in [0.25, 0.3) is 0 Å². The fourth-order valence-corrected chi connectivity index (χ4v) is 3.20. The number of aryl methyl sites for hydroxylation is 2. The molecule has 2 N–H and O–H groups in total. The van der Waals surface area contributed by atoms with Gasteiger partial charge < -0.3 is 5.73 Å². The van der Waals surface area contributed by atoms with E-state index in [2.05, 4.69) is 0 Å². The van der Waals surface area contributed by atoms with Crippen molar-refractivity contribution in [2.45, 2.75) is 51.2 Å².